The fraction of sp³-hybridized carbons (Fsp3) is 0.733. The van der Waals surface area contributed by atoms with E-state index >= 15 is 0 Å². The summed E-state index contributed by atoms with van der Waals surface area (Å²) in [7, 11) is -16.4. The fourth-order valence-corrected chi connectivity index (χ4v) is 8.88. The van der Waals surface area contributed by atoms with E-state index in [0.717, 1.165) is 54.7 Å². The molecule has 8 atom stereocenters. The molecule has 1 saturated heterocycles. The van der Waals surface area contributed by atoms with E-state index in [2.05, 4.69) is 48.3 Å². The number of ether oxygens (including phenoxy) is 1. The molecule has 1 aliphatic rings. The zero-order valence-electron chi connectivity index (χ0n) is 32.2. The van der Waals surface area contributed by atoms with Crippen molar-refractivity contribution in [3.8, 4) is 0 Å². The van der Waals surface area contributed by atoms with Crippen LogP contribution < -0.4 is 16.4 Å². The first-order valence-electron chi connectivity index (χ1n) is 18.0. The predicted molar refractivity (Wildman–Crippen MR) is 205 cm³/mol. The number of aliphatic hydroxyl groups excluding tert-OH is 2. The Balaban J connectivity index is 1.44. The molecule has 2 aromatic rings. The maximum Gasteiger partial charge on any atom is 0.481 e. The molecule has 28 heteroatoms. The molecule has 1 fully saturated rings. The first kappa shape index (κ1) is 49.9. The zero-order chi connectivity index (χ0) is 43.5. The Morgan fingerprint density at radius 1 is 1.03 bits per heavy atom. The maximum atomic E-state index is 12.7. The third kappa shape index (κ3) is 15.9. The highest BCUT2D eigenvalue weighted by molar-refractivity contribution is 8.13. The number of rotatable bonds is 25. The summed E-state index contributed by atoms with van der Waals surface area (Å²) in [5.41, 5.74) is 4.27. The van der Waals surface area contributed by atoms with Gasteiger partial charge in [-0.2, -0.15) is 4.31 Å². The highest BCUT2D eigenvalue weighted by Crippen LogP contribution is 2.61. The van der Waals surface area contributed by atoms with Gasteiger partial charge in [0.05, 0.1) is 19.5 Å². The second-order valence-corrected chi connectivity index (χ2v) is 19.4. The Bertz CT molecular complexity index is 1850. The molecule has 0 saturated carbocycles. The van der Waals surface area contributed by atoms with Crippen LogP contribution in [0.1, 0.15) is 72.4 Å². The lowest BCUT2D eigenvalue weighted by Crippen LogP contribution is -2.46. The van der Waals surface area contributed by atoms with Gasteiger partial charge in [0.2, 0.25) is 11.8 Å². The van der Waals surface area contributed by atoms with Crippen molar-refractivity contribution in [1.82, 2.24) is 30.2 Å². The number of hydrogen-bond acceptors (Lipinski definition) is 18. The molecule has 10 N–H and O–H groups in total. The van der Waals surface area contributed by atoms with Crippen LogP contribution in [-0.2, 0) is 50.7 Å². The number of unbranched alkanes of at least 4 members (excludes halogenated alkanes) is 1. The van der Waals surface area contributed by atoms with Crippen molar-refractivity contribution >= 4 is 69.1 Å². The summed E-state index contributed by atoms with van der Waals surface area (Å²) in [5.74, 6) is -0.407. The Morgan fingerprint density at radius 2 is 1.72 bits per heavy atom. The van der Waals surface area contributed by atoms with Crippen LogP contribution in [0.5, 0.6) is 0 Å². The molecule has 3 rings (SSSR count). The maximum absolute atomic E-state index is 12.7. The number of thioether (sulfide) groups is 1. The van der Waals surface area contributed by atoms with E-state index in [0.29, 0.717) is 18.1 Å². The van der Waals surface area contributed by atoms with Crippen molar-refractivity contribution in [3.05, 3.63) is 12.7 Å². The third-order valence-corrected chi connectivity index (χ3v) is 12.8. The van der Waals surface area contributed by atoms with Crippen LogP contribution in [0.4, 0.5) is 5.82 Å². The molecular weight excluding hydrogens is 855 g/mol. The number of amides is 2. The van der Waals surface area contributed by atoms with Gasteiger partial charge in [0.25, 0.3) is 0 Å². The third-order valence-electron chi connectivity index (χ3n) is 8.79. The number of phosphoric ester groups is 3. The van der Waals surface area contributed by atoms with Crippen LogP contribution in [0.3, 0.4) is 0 Å². The largest absolute Gasteiger partial charge is 0.481 e. The zero-order valence-corrected chi connectivity index (χ0v) is 35.7. The van der Waals surface area contributed by atoms with Crippen molar-refractivity contribution in [3.63, 3.8) is 0 Å². The van der Waals surface area contributed by atoms with Crippen LogP contribution in [0.2, 0.25) is 0 Å². The van der Waals surface area contributed by atoms with Gasteiger partial charge in [-0.25, -0.2) is 28.6 Å². The van der Waals surface area contributed by atoms with Gasteiger partial charge >= 0.3 is 23.5 Å². The van der Waals surface area contributed by atoms with Gasteiger partial charge in [0.1, 0.15) is 36.3 Å². The molecule has 8 unspecified atom stereocenters. The summed E-state index contributed by atoms with van der Waals surface area (Å²) in [5, 5.41) is 26.5. The lowest BCUT2D eigenvalue weighted by atomic mass is 9.87. The second kappa shape index (κ2) is 21.9. The van der Waals surface area contributed by atoms with E-state index < -0.39 is 84.6 Å². The van der Waals surface area contributed by atoms with Crippen LogP contribution in [-0.4, -0.2) is 123 Å². The predicted octanol–water partition coefficient (Wildman–Crippen LogP) is 1.27. The van der Waals surface area contributed by atoms with Crippen molar-refractivity contribution in [2.45, 2.75) is 96.9 Å². The van der Waals surface area contributed by atoms with Gasteiger partial charge in [-0.3, -0.25) is 32.5 Å². The molecule has 1 aliphatic heterocycles. The molecule has 58 heavy (non-hydrogen) atoms. The number of nitrogen functional groups attached to an aromatic ring is 1. The monoisotopic (exact) mass is 907 g/mol. The summed E-state index contributed by atoms with van der Waals surface area (Å²) < 4.78 is 62.2. The van der Waals surface area contributed by atoms with Gasteiger partial charge in [-0.1, -0.05) is 58.7 Å². The van der Waals surface area contributed by atoms with Crippen molar-refractivity contribution in [2.24, 2.45) is 11.3 Å². The van der Waals surface area contributed by atoms with E-state index in [1.807, 2.05) is 0 Å². The summed E-state index contributed by atoms with van der Waals surface area (Å²) in [6.07, 6.45) is -2.42. The highest BCUT2D eigenvalue weighted by Gasteiger charge is 2.50. The Hall–Kier alpha value is -2.44. The average Bonchev–Trinajstić information content (AvgIpc) is 3.69. The molecule has 330 valence electrons. The summed E-state index contributed by atoms with van der Waals surface area (Å²) >= 11 is 1.13. The molecule has 0 bridgehead atoms. The minimum absolute atomic E-state index is 0.0323. The van der Waals surface area contributed by atoms with E-state index in [1.165, 1.54) is 13.8 Å². The molecule has 0 aliphatic carbocycles. The van der Waals surface area contributed by atoms with Crippen molar-refractivity contribution < 1.29 is 80.5 Å². The van der Waals surface area contributed by atoms with E-state index in [1.54, 1.807) is 0 Å². The van der Waals surface area contributed by atoms with Crippen LogP contribution in [0, 0.1) is 11.3 Å². The first-order chi connectivity index (χ1) is 26.9. The normalized spacial score (nSPS) is 21.9. The number of anilines is 1. The van der Waals surface area contributed by atoms with Crippen molar-refractivity contribution in [2.75, 3.05) is 37.8 Å². The second-order valence-electron chi connectivity index (χ2n) is 14.0. The Morgan fingerprint density at radius 3 is 2.40 bits per heavy atom. The van der Waals surface area contributed by atoms with Crippen molar-refractivity contribution in [1.29, 1.82) is 0 Å². The lowest BCUT2D eigenvalue weighted by Gasteiger charge is -2.30. The van der Waals surface area contributed by atoms with Gasteiger partial charge in [0.15, 0.2) is 22.8 Å². The number of imidazole rings is 1. The number of aromatic nitrogens is 4. The quantitative estimate of drug-likeness (QED) is 0.0500. The van der Waals surface area contributed by atoms with Gasteiger partial charge < -0.3 is 50.9 Å². The smallest absolute Gasteiger partial charge is 0.386 e. The standard InChI is InChI=1S/C30H52N7O17P3S/c1-5-18(2)8-6-7-9-21(39)58-13-12-32-20(38)10-11-33-28(42)25(41)30(3,4)15-51-57(48,49)54-56(46,47)50-14-19-24(53-55(43,44)45)23(40)29(52-19)37-17-36-22-26(31)34-16-35-27(22)37/h16-19,23-25,29,40-41H,5-15H2,1-4H3,(H,32,38)(H,33,42)(H,46,47)(H,48,49)(H2,31,34,35)(H2,43,44,45). The molecule has 0 aromatic carbocycles. The average molecular weight is 908 g/mol. The molecule has 0 spiro atoms. The number of fused-ring (bicyclic) bond motifs is 1. The molecule has 3 heterocycles. The number of phosphoric acid groups is 3. The van der Waals surface area contributed by atoms with E-state index in [-0.39, 0.29) is 41.6 Å². The van der Waals surface area contributed by atoms with Gasteiger partial charge in [-0.15, -0.1) is 0 Å². The number of aliphatic hydroxyl groups is 2. The van der Waals surface area contributed by atoms with Gasteiger partial charge in [-0.05, 0) is 12.3 Å². The summed E-state index contributed by atoms with van der Waals surface area (Å²) in [6.45, 7) is 4.86. The molecule has 0 radical (unpaired) electrons. The number of hydrogen-bond donors (Lipinski definition) is 9. The minimum atomic E-state index is -5.57. The summed E-state index contributed by atoms with van der Waals surface area (Å²) in [6, 6.07) is 0. The van der Waals surface area contributed by atoms with Crippen LogP contribution >= 0.6 is 35.2 Å². The first-order valence-corrected chi connectivity index (χ1v) is 23.5. The number of nitrogens with one attached hydrogen (secondary N) is 2. The topological polar surface area (TPSA) is 364 Å². The minimum Gasteiger partial charge on any atom is -0.386 e. The SMILES string of the molecule is CCC(C)CCCCC(=O)SCCNC(=O)CCNC(=O)C(O)C(C)(C)COP(=O)(O)OP(=O)(O)OCC1OC(n2cnc3c(N)ncnc32)C(O)C1OP(=O)(O)O. The summed E-state index contributed by atoms with van der Waals surface area (Å²) in [4.78, 5) is 87.8. The fourth-order valence-electron chi connectivity index (χ4n) is 5.33. The van der Waals surface area contributed by atoms with Crippen LogP contribution in [0.25, 0.3) is 11.2 Å². The van der Waals surface area contributed by atoms with E-state index in [9.17, 15) is 57.9 Å². The number of nitrogens with two attached hydrogens (primary N) is 1. The Labute approximate surface area is 337 Å². The van der Waals surface area contributed by atoms with E-state index in [4.69, 9.17) is 19.5 Å². The molecule has 2 aromatic heterocycles. The lowest BCUT2D eigenvalue weighted by molar-refractivity contribution is -0.137. The number of carbonyl (C=O) groups excluding carboxylic acids is 3. The Kier molecular flexibility index (Phi) is 18.8. The van der Waals surface area contributed by atoms with Gasteiger partial charge in [0, 0.05) is 37.1 Å². The number of carbonyl (C=O) groups is 3. The number of nitrogens with zero attached hydrogens (tertiary/aromatic N) is 4. The van der Waals surface area contributed by atoms with Crippen LogP contribution in [0.15, 0.2) is 12.7 Å². The molecule has 24 nitrogen and oxygen atoms in total. The highest BCUT2D eigenvalue weighted by atomic mass is 32.2. The molecule has 2 amide bonds. The molecular formula is C30H52N7O17P3S.